The first-order valence-electron chi connectivity index (χ1n) is 5.88. The molecular formula is C14H20ClNO. The molecule has 1 N–H and O–H groups in total. The molecule has 94 valence electrons. The molecule has 0 fully saturated rings. The third-order valence-electron chi connectivity index (χ3n) is 2.51. The minimum atomic E-state index is 0.737. The van der Waals surface area contributed by atoms with Crippen LogP contribution in [0.1, 0.15) is 17.5 Å². The van der Waals surface area contributed by atoms with Gasteiger partial charge in [-0.15, -0.1) is 6.58 Å². The topological polar surface area (TPSA) is 21.3 Å². The van der Waals surface area contributed by atoms with Crippen LogP contribution in [0.15, 0.2) is 30.9 Å². The smallest absolute Gasteiger partial charge is 0.0591 e. The number of aryl methyl sites for hydroxylation is 1. The minimum Gasteiger partial charge on any atom is -0.380 e. The van der Waals surface area contributed by atoms with E-state index in [1.54, 1.807) is 0 Å². The fourth-order valence-electron chi connectivity index (χ4n) is 1.49. The second kappa shape index (κ2) is 8.29. The number of hydrogen-bond acceptors (Lipinski definition) is 2. The second-order valence-electron chi connectivity index (χ2n) is 3.94. The molecule has 0 saturated heterocycles. The van der Waals surface area contributed by atoms with Gasteiger partial charge in [-0.25, -0.2) is 0 Å². The number of halogens is 1. The predicted molar refractivity (Wildman–Crippen MR) is 73.5 cm³/mol. The molecule has 1 rings (SSSR count). The SMILES string of the molecule is C=CCCOCCNCc1ccc(Cl)cc1C. The van der Waals surface area contributed by atoms with Crippen LogP contribution in [0.5, 0.6) is 0 Å². The molecule has 0 amide bonds. The van der Waals surface area contributed by atoms with E-state index in [1.807, 2.05) is 18.2 Å². The second-order valence-corrected chi connectivity index (χ2v) is 4.37. The lowest BCUT2D eigenvalue weighted by Crippen LogP contribution is -2.19. The highest BCUT2D eigenvalue weighted by Crippen LogP contribution is 2.14. The third kappa shape index (κ3) is 5.87. The van der Waals surface area contributed by atoms with Gasteiger partial charge in [-0.05, 0) is 36.6 Å². The molecule has 0 radical (unpaired) electrons. The summed E-state index contributed by atoms with van der Waals surface area (Å²) in [5, 5.41) is 4.14. The molecule has 1 aromatic rings. The van der Waals surface area contributed by atoms with Gasteiger partial charge in [0.2, 0.25) is 0 Å². The van der Waals surface area contributed by atoms with Crippen molar-refractivity contribution < 1.29 is 4.74 Å². The van der Waals surface area contributed by atoms with Gasteiger partial charge >= 0.3 is 0 Å². The van der Waals surface area contributed by atoms with Gasteiger partial charge in [0.1, 0.15) is 0 Å². The lowest BCUT2D eigenvalue weighted by molar-refractivity contribution is 0.140. The number of ether oxygens (including phenoxy) is 1. The molecule has 0 unspecified atom stereocenters. The number of rotatable bonds is 8. The van der Waals surface area contributed by atoms with E-state index in [0.29, 0.717) is 0 Å². The Morgan fingerprint density at radius 3 is 2.94 bits per heavy atom. The predicted octanol–water partition coefficient (Wildman–Crippen LogP) is 3.33. The quantitative estimate of drug-likeness (QED) is 0.567. The average Bonchev–Trinajstić information content (AvgIpc) is 2.30. The van der Waals surface area contributed by atoms with Crippen molar-refractivity contribution in [2.75, 3.05) is 19.8 Å². The fraction of sp³-hybridized carbons (Fsp3) is 0.429. The van der Waals surface area contributed by atoms with Crippen LogP contribution >= 0.6 is 11.6 Å². The van der Waals surface area contributed by atoms with Gasteiger partial charge in [0.15, 0.2) is 0 Å². The van der Waals surface area contributed by atoms with E-state index in [4.69, 9.17) is 16.3 Å². The Kier molecular flexibility index (Phi) is 6.94. The van der Waals surface area contributed by atoms with Crippen LogP contribution < -0.4 is 5.32 Å². The summed E-state index contributed by atoms with van der Waals surface area (Å²) in [4.78, 5) is 0. The molecule has 3 heteroatoms. The first-order chi connectivity index (χ1) is 8.24. The zero-order valence-corrected chi connectivity index (χ0v) is 11.1. The Morgan fingerprint density at radius 1 is 1.41 bits per heavy atom. The lowest BCUT2D eigenvalue weighted by atomic mass is 10.1. The van der Waals surface area contributed by atoms with Crippen molar-refractivity contribution in [3.8, 4) is 0 Å². The highest BCUT2D eigenvalue weighted by molar-refractivity contribution is 6.30. The molecule has 0 aliphatic carbocycles. The van der Waals surface area contributed by atoms with E-state index in [0.717, 1.165) is 37.7 Å². The van der Waals surface area contributed by atoms with Gasteiger partial charge in [0, 0.05) is 18.1 Å². The van der Waals surface area contributed by atoms with Gasteiger partial charge in [-0.1, -0.05) is 23.7 Å². The molecule has 0 atom stereocenters. The van der Waals surface area contributed by atoms with Crippen LogP contribution in [0.25, 0.3) is 0 Å². The highest BCUT2D eigenvalue weighted by atomic mass is 35.5. The molecule has 2 nitrogen and oxygen atoms in total. The molecule has 0 aliphatic heterocycles. The van der Waals surface area contributed by atoms with E-state index < -0.39 is 0 Å². The van der Waals surface area contributed by atoms with Gasteiger partial charge in [0.05, 0.1) is 13.2 Å². The molecule has 0 aliphatic rings. The summed E-state index contributed by atoms with van der Waals surface area (Å²) < 4.78 is 5.41. The van der Waals surface area contributed by atoms with Gasteiger partial charge in [-0.2, -0.15) is 0 Å². The Bertz CT molecular complexity index is 352. The van der Waals surface area contributed by atoms with E-state index in [9.17, 15) is 0 Å². The first-order valence-corrected chi connectivity index (χ1v) is 6.26. The lowest BCUT2D eigenvalue weighted by Gasteiger charge is -2.08. The Morgan fingerprint density at radius 2 is 2.24 bits per heavy atom. The van der Waals surface area contributed by atoms with Gasteiger partial charge < -0.3 is 10.1 Å². The molecular weight excluding hydrogens is 234 g/mol. The summed E-state index contributed by atoms with van der Waals surface area (Å²) in [7, 11) is 0. The summed E-state index contributed by atoms with van der Waals surface area (Å²) in [6, 6.07) is 5.97. The van der Waals surface area contributed by atoms with Crippen LogP contribution in [0.3, 0.4) is 0 Å². The number of hydrogen-bond donors (Lipinski definition) is 1. The van der Waals surface area contributed by atoms with E-state index in [2.05, 4.69) is 24.9 Å². The number of nitrogens with one attached hydrogen (secondary N) is 1. The molecule has 0 spiro atoms. The standard InChI is InChI=1S/C14H20ClNO/c1-3-4-8-17-9-7-16-11-13-5-6-14(15)10-12(13)2/h3,5-6,10,16H,1,4,7-9,11H2,2H3. The van der Waals surface area contributed by atoms with Crippen LogP contribution in [-0.4, -0.2) is 19.8 Å². The maximum atomic E-state index is 5.90. The van der Waals surface area contributed by atoms with Crippen LogP contribution in [0.4, 0.5) is 0 Å². The first kappa shape index (κ1) is 14.2. The molecule has 1 aromatic carbocycles. The van der Waals surface area contributed by atoms with Crippen molar-refractivity contribution in [1.29, 1.82) is 0 Å². The molecule has 0 aromatic heterocycles. The van der Waals surface area contributed by atoms with Crippen molar-refractivity contribution in [3.63, 3.8) is 0 Å². The van der Waals surface area contributed by atoms with E-state index in [-0.39, 0.29) is 0 Å². The average molecular weight is 254 g/mol. The van der Waals surface area contributed by atoms with Crippen molar-refractivity contribution in [3.05, 3.63) is 47.0 Å². The van der Waals surface area contributed by atoms with Crippen molar-refractivity contribution in [2.24, 2.45) is 0 Å². The van der Waals surface area contributed by atoms with Crippen molar-refractivity contribution in [2.45, 2.75) is 19.9 Å². The van der Waals surface area contributed by atoms with Crippen molar-refractivity contribution >= 4 is 11.6 Å². The zero-order valence-electron chi connectivity index (χ0n) is 10.3. The van der Waals surface area contributed by atoms with E-state index in [1.165, 1.54) is 11.1 Å². The molecule has 0 heterocycles. The fourth-order valence-corrected chi connectivity index (χ4v) is 1.72. The zero-order chi connectivity index (χ0) is 12.5. The van der Waals surface area contributed by atoms with Crippen LogP contribution in [-0.2, 0) is 11.3 Å². The maximum absolute atomic E-state index is 5.90. The van der Waals surface area contributed by atoms with Gasteiger partial charge in [-0.3, -0.25) is 0 Å². The Balaban J connectivity index is 2.15. The van der Waals surface area contributed by atoms with Gasteiger partial charge in [0.25, 0.3) is 0 Å². The minimum absolute atomic E-state index is 0.737. The Labute approximate surface area is 109 Å². The summed E-state index contributed by atoms with van der Waals surface area (Å²) in [6.45, 7) is 8.92. The Hall–Kier alpha value is -0.830. The third-order valence-corrected chi connectivity index (χ3v) is 2.74. The van der Waals surface area contributed by atoms with E-state index >= 15 is 0 Å². The summed E-state index contributed by atoms with van der Waals surface area (Å²) in [5.41, 5.74) is 2.50. The number of benzene rings is 1. The normalized spacial score (nSPS) is 10.5. The molecule has 17 heavy (non-hydrogen) atoms. The summed E-state index contributed by atoms with van der Waals surface area (Å²) >= 11 is 5.90. The van der Waals surface area contributed by atoms with Crippen LogP contribution in [0.2, 0.25) is 5.02 Å². The monoisotopic (exact) mass is 253 g/mol. The highest BCUT2D eigenvalue weighted by Gasteiger charge is 1.98. The largest absolute Gasteiger partial charge is 0.380 e. The molecule has 0 bridgehead atoms. The van der Waals surface area contributed by atoms with Crippen molar-refractivity contribution in [1.82, 2.24) is 5.32 Å². The molecule has 0 saturated carbocycles. The summed E-state index contributed by atoms with van der Waals surface area (Å²) in [6.07, 6.45) is 2.78. The maximum Gasteiger partial charge on any atom is 0.0591 e. The summed E-state index contributed by atoms with van der Waals surface area (Å²) in [5.74, 6) is 0. The van der Waals surface area contributed by atoms with Crippen LogP contribution in [0, 0.1) is 6.92 Å².